The van der Waals surface area contributed by atoms with Gasteiger partial charge in [-0.2, -0.15) is 0 Å². The molecule has 8 nitrogen and oxygen atoms in total. The molecule has 0 fully saturated rings. The highest BCUT2D eigenvalue weighted by Gasteiger charge is 2.25. The van der Waals surface area contributed by atoms with Crippen LogP contribution in [0.5, 0.6) is 0 Å². The van der Waals surface area contributed by atoms with Gasteiger partial charge in [0, 0.05) is 77.5 Å². The number of H-pyrrole nitrogens is 1. The van der Waals surface area contributed by atoms with Gasteiger partial charge in [0.15, 0.2) is 0 Å². The summed E-state index contributed by atoms with van der Waals surface area (Å²) in [6.45, 7) is 3.91. The molecule has 6 aromatic rings. The lowest BCUT2D eigenvalue weighted by Gasteiger charge is -2.13. The van der Waals surface area contributed by atoms with Crippen LogP contribution in [-0.2, 0) is 13.1 Å². The number of hydrogen-bond donors (Lipinski definition) is 4. The van der Waals surface area contributed by atoms with E-state index in [-0.39, 0.29) is 5.91 Å². The van der Waals surface area contributed by atoms with Crippen molar-refractivity contribution in [2.75, 3.05) is 26.2 Å². The molecule has 0 aliphatic rings. The molecule has 0 aliphatic carbocycles. The van der Waals surface area contributed by atoms with Crippen molar-refractivity contribution in [3.63, 3.8) is 0 Å². The molecule has 6 rings (SSSR count). The van der Waals surface area contributed by atoms with Crippen molar-refractivity contribution in [3.05, 3.63) is 131 Å². The maximum Gasteiger partial charge on any atom is 0.268 e. The van der Waals surface area contributed by atoms with Crippen LogP contribution in [0.4, 0.5) is 0 Å². The first-order chi connectivity index (χ1) is 22.1. The fourth-order valence-corrected chi connectivity index (χ4v) is 5.62. The Labute approximate surface area is 271 Å². The van der Waals surface area contributed by atoms with E-state index in [1.807, 2.05) is 97.3 Å². The summed E-state index contributed by atoms with van der Waals surface area (Å²) in [4.78, 5) is 26.3. The van der Waals surface area contributed by atoms with Crippen molar-refractivity contribution in [1.82, 2.24) is 35.5 Å². The number of imidazole rings is 1. The lowest BCUT2D eigenvalue weighted by Crippen LogP contribution is -2.35. The third-order valence-electron chi connectivity index (χ3n) is 7.47. The molecule has 3 aromatic heterocycles. The maximum atomic E-state index is 13.8. The Balaban J connectivity index is 1.24. The third-order valence-corrected chi connectivity index (χ3v) is 7.96. The highest BCUT2D eigenvalue weighted by atomic mass is 35.5. The van der Waals surface area contributed by atoms with Crippen LogP contribution >= 0.6 is 23.2 Å². The van der Waals surface area contributed by atoms with Crippen LogP contribution < -0.4 is 16.0 Å². The number of amides is 1. The highest BCUT2D eigenvalue weighted by Crippen LogP contribution is 2.39. The molecule has 4 N–H and O–H groups in total. The summed E-state index contributed by atoms with van der Waals surface area (Å²) >= 11 is 12.6. The number of rotatable bonds is 13. The predicted molar refractivity (Wildman–Crippen MR) is 182 cm³/mol. The van der Waals surface area contributed by atoms with E-state index in [9.17, 15) is 4.79 Å². The van der Waals surface area contributed by atoms with Gasteiger partial charge in [-0.25, -0.2) is 4.98 Å². The Hall–Kier alpha value is -4.47. The van der Waals surface area contributed by atoms with Gasteiger partial charge in [0.1, 0.15) is 5.69 Å². The van der Waals surface area contributed by atoms with Crippen LogP contribution in [0.3, 0.4) is 0 Å². The first-order valence-electron chi connectivity index (χ1n) is 14.8. The number of aromatic nitrogens is 4. The molecule has 0 saturated carbocycles. The molecule has 3 aromatic carbocycles. The summed E-state index contributed by atoms with van der Waals surface area (Å²) in [6, 6.07) is 29.3. The van der Waals surface area contributed by atoms with Crippen molar-refractivity contribution >= 4 is 40.0 Å². The molecular weight excluding hydrogens is 605 g/mol. The number of fused-ring (bicyclic) bond motifs is 1. The first-order valence-corrected chi connectivity index (χ1v) is 15.6. The van der Waals surface area contributed by atoms with Crippen molar-refractivity contribution in [2.45, 2.75) is 13.1 Å². The molecule has 0 spiro atoms. The molecule has 0 atom stereocenters. The fraction of sp³-hybridized carbons (Fsp3) is 0.171. The van der Waals surface area contributed by atoms with Gasteiger partial charge in [-0.3, -0.25) is 9.78 Å². The lowest BCUT2D eigenvalue weighted by atomic mass is 10.0. The van der Waals surface area contributed by atoms with Crippen molar-refractivity contribution in [1.29, 1.82) is 0 Å². The number of pyridine rings is 1. The Morgan fingerprint density at radius 2 is 1.56 bits per heavy atom. The van der Waals surface area contributed by atoms with E-state index in [0.29, 0.717) is 41.9 Å². The van der Waals surface area contributed by atoms with Crippen LogP contribution in [0.2, 0.25) is 10.0 Å². The van der Waals surface area contributed by atoms with Gasteiger partial charge in [0.25, 0.3) is 5.91 Å². The normalized spacial score (nSPS) is 11.2. The Bertz CT molecular complexity index is 1870. The molecule has 1 amide bonds. The molecule has 45 heavy (non-hydrogen) atoms. The molecule has 10 heteroatoms. The van der Waals surface area contributed by atoms with E-state index in [2.05, 4.69) is 30.5 Å². The number of hydrogen-bond acceptors (Lipinski definition) is 5. The van der Waals surface area contributed by atoms with Gasteiger partial charge in [-0.15, -0.1) is 0 Å². The van der Waals surface area contributed by atoms with Crippen molar-refractivity contribution in [3.8, 4) is 22.5 Å². The molecule has 0 aliphatic heterocycles. The SMILES string of the molecule is O=C(NCCNCCNCc1ccccn1)c1[nH]c2cc(Cl)ccc2c1-c1c(-c2ccccc2)ncn1Cc1ccc(Cl)cc1. The van der Waals surface area contributed by atoms with E-state index < -0.39 is 0 Å². The molecule has 0 radical (unpaired) electrons. The van der Waals surface area contributed by atoms with E-state index in [1.165, 1.54) is 0 Å². The molecule has 0 saturated heterocycles. The molecule has 0 bridgehead atoms. The summed E-state index contributed by atoms with van der Waals surface area (Å²) < 4.78 is 2.08. The summed E-state index contributed by atoms with van der Waals surface area (Å²) in [5, 5.41) is 12.0. The van der Waals surface area contributed by atoms with Gasteiger partial charge < -0.3 is 25.5 Å². The van der Waals surface area contributed by atoms with E-state index >= 15 is 0 Å². The number of carbonyl (C=O) groups excluding carboxylic acids is 1. The second kappa shape index (κ2) is 14.5. The van der Waals surface area contributed by atoms with Gasteiger partial charge >= 0.3 is 0 Å². The van der Waals surface area contributed by atoms with Crippen LogP contribution in [0.25, 0.3) is 33.4 Å². The Kier molecular flexibility index (Phi) is 9.87. The fourth-order valence-electron chi connectivity index (χ4n) is 5.32. The minimum atomic E-state index is -0.203. The van der Waals surface area contributed by atoms with Crippen LogP contribution in [0.1, 0.15) is 21.7 Å². The molecule has 228 valence electrons. The second-order valence-electron chi connectivity index (χ2n) is 10.6. The summed E-state index contributed by atoms with van der Waals surface area (Å²) in [7, 11) is 0. The third kappa shape index (κ3) is 7.44. The van der Waals surface area contributed by atoms with E-state index in [0.717, 1.165) is 57.8 Å². The van der Waals surface area contributed by atoms with E-state index in [4.69, 9.17) is 28.2 Å². The topological polar surface area (TPSA) is 99.7 Å². The summed E-state index contributed by atoms with van der Waals surface area (Å²) in [5.41, 5.74) is 6.66. The second-order valence-corrected chi connectivity index (χ2v) is 11.5. The minimum Gasteiger partial charge on any atom is -0.350 e. The summed E-state index contributed by atoms with van der Waals surface area (Å²) in [5.74, 6) is -0.203. The Morgan fingerprint density at radius 3 is 2.36 bits per heavy atom. The smallest absolute Gasteiger partial charge is 0.268 e. The predicted octanol–water partition coefficient (Wildman–Crippen LogP) is 6.56. The zero-order valence-corrected chi connectivity index (χ0v) is 26.1. The number of carbonyl (C=O) groups is 1. The minimum absolute atomic E-state index is 0.203. The van der Waals surface area contributed by atoms with Crippen molar-refractivity contribution < 1.29 is 4.79 Å². The zero-order valence-electron chi connectivity index (χ0n) is 24.6. The monoisotopic (exact) mass is 637 g/mol. The van der Waals surface area contributed by atoms with Crippen molar-refractivity contribution in [2.24, 2.45) is 0 Å². The molecule has 3 heterocycles. The maximum absolute atomic E-state index is 13.8. The number of nitrogens with zero attached hydrogens (tertiary/aromatic N) is 3. The zero-order chi connectivity index (χ0) is 31.0. The standard InChI is InChI=1S/C35H33Cl2N7O/c36-26-11-9-24(10-12-26)22-44-23-42-32(25-6-2-1-3-7-25)34(44)31-29-14-13-27(37)20-30(29)43-33(31)35(45)41-19-18-38-16-17-39-21-28-8-4-5-15-40-28/h1-15,20,23,38-39,43H,16-19,21-22H2,(H,41,45). The molecule has 0 unspecified atom stereocenters. The van der Waals surface area contributed by atoms with Crippen LogP contribution in [0, 0.1) is 0 Å². The average Bonchev–Trinajstić information content (AvgIpc) is 3.64. The quantitative estimate of drug-likeness (QED) is 0.108. The van der Waals surface area contributed by atoms with Gasteiger partial charge in [-0.1, -0.05) is 77.8 Å². The van der Waals surface area contributed by atoms with E-state index in [1.54, 1.807) is 6.20 Å². The highest BCUT2D eigenvalue weighted by molar-refractivity contribution is 6.31. The number of nitrogens with one attached hydrogen (secondary N) is 4. The molecular formula is C35H33Cl2N7O. The van der Waals surface area contributed by atoms with Gasteiger partial charge in [0.2, 0.25) is 0 Å². The lowest BCUT2D eigenvalue weighted by molar-refractivity contribution is 0.0950. The summed E-state index contributed by atoms with van der Waals surface area (Å²) in [6.07, 6.45) is 3.62. The number of halogens is 2. The van der Waals surface area contributed by atoms with Crippen LogP contribution in [0.15, 0.2) is 104 Å². The Morgan fingerprint density at radius 1 is 0.800 bits per heavy atom. The largest absolute Gasteiger partial charge is 0.350 e. The first kappa shape index (κ1) is 30.6. The van der Waals surface area contributed by atoms with Gasteiger partial charge in [0.05, 0.1) is 23.4 Å². The number of benzene rings is 3. The van der Waals surface area contributed by atoms with Crippen LogP contribution in [-0.4, -0.2) is 51.6 Å². The number of aromatic amines is 1. The van der Waals surface area contributed by atoms with Gasteiger partial charge in [-0.05, 0) is 42.0 Å². The average molecular weight is 639 g/mol.